The number of nitrogens with two attached hydrogens (primary N) is 1. The molecule has 0 fully saturated rings. The maximum Gasteiger partial charge on any atom is 0.238 e. The number of imidazole rings is 1. The second-order valence-electron chi connectivity index (χ2n) is 3.30. The largest absolute Gasteiger partial charge is 0.344 e. The molecule has 0 aliphatic carbocycles. The highest BCUT2D eigenvalue weighted by atomic mass is 32.2. The first-order valence-corrected chi connectivity index (χ1v) is 6.26. The lowest BCUT2D eigenvalue weighted by molar-refractivity contribution is 0.598. The van der Waals surface area contributed by atoms with E-state index in [1.807, 2.05) is 0 Å². The molecule has 17 heavy (non-hydrogen) atoms. The van der Waals surface area contributed by atoms with Crippen molar-refractivity contribution in [3.63, 3.8) is 0 Å². The molecule has 2 aromatic rings. The summed E-state index contributed by atoms with van der Waals surface area (Å²) >= 11 is 0. The van der Waals surface area contributed by atoms with Crippen molar-refractivity contribution in [1.29, 1.82) is 0 Å². The van der Waals surface area contributed by atoms with E-state index in [1.165, 1.54) is 12.1 Å². The van der Waals surface area contributed by atoms with Gasteiger partial charge in [-0.2, -0.15) is 0 Å². The Kier molecular flexibility index (Phi) is 3.03. The number of primary sulfonamides is 1. The van der Waals surface area contributed by atoms with E-state index in [0.29, 0.717) is 5.69 Å². The summed E-state index contributed by atoms with van der Waals surface area (Å²) in [7, 11) is -3.65. The zero-order valence-corrected chi connectivity index (χ0v) is 9.55. The van der Waals surface area contributed by atoms with Gasteiger partial charge in [0, 0.05) is 0 Å². The Morgan fingerprint density at radius 1 is 1.29 bits per heavy atom. The molecule has 7 heteroatoms. The van der Waals surface area contributed by atoms with Gasteiger partial charge in [0.05, 0.1) is 35.0 Å². The summed E-state index contributed by atoms with van der Waals surface area (Å²) in [5, 5.41) is 4.98. The fraction of sp³-hybridized carbons (Fsp3) is 0. The highest BCUT2D eigenvalue weighted by Crippen LogP contribution is 2.15. The van der Waals surface area contributed by atoms with Crippen molar-refractivity contribution in [2.24, 2.45) is 10.1 Å². The molecule has 0 bridgehead atoms. The van der Waals surface area contributed by atoms with Crippen molar-refractivity contribution in [1.82, 2.24) is 9.97 Å². The standard InChI is InChI=1S/C10H10N4O2S/c11-17(15,16)10-3-1-8(2-4-10)13-6-9-5-12-7-14-9/h1-7H,(H,12,14)(H2,11,15,16). The Labute approximate surface area is 98.3 Å². The minimum atomic E-state index is -3.65. The normalized spacial score (nSPS) is 12.1. The number of aliphatic imine (C=N–C) groups is 1. The third-order valence-corrected chi connectivity index (χ3v) is 2.97. The van der Waals surface area contributed by atoms with Crippen LogP contribution in [0.5, 0.6) is 0 Å². The first kappa shape index (κ1) is 11.5. The van der Waals surface area contributed by atoms with E-state index in [4.69, 9.17) is 5.14 Å². The Morgan fingerprint density at radius 3 is 2.53 bits per heavy atom. The topological polar surface area (TPSA) is 101 Å². The van der Waals surface area contributed by atoms with Gasteiger partial charge in [-0.25, -0.2) is 18.5 Å². The van der Waals surface area contributed by atoms with Crippen LogP contribution in [0.4, 0.5) is 5.69 Å². The Hall–Kier alpha value is -1.99. The van der Waals surface area contributed by atoms with Crippen LogP contribution < -0.4 is 5.14 Å². The number of aromatic nitrogens is 2. The van der Waals surface area contributed by atoms with E-state index in [9.17, 15) is 8.42 Å². The molecule has 2 rings (SSSR count). The number of H-pyrrole nitrogens is 1. The SMILES string of the molecule is NS(=O)(=O)c1ccc(N=Cc2cnc[nH]2)cc1. The van der Waals surface area contributed by atoms with Gasteiger partial charge in [-0.05, 0) is 24.3 Å². The zero-order chi connectivity index (χ0) is 12.3. The number of hydrogen-bond acceptors (Lipinski definition) is 4. The minimum absolute atomic E-state index is 0.0676. The Morgan fingerprint density at radius 2 is 2.00 bits per heavy atom. The van der Waals surface area contributed by atoms with E-state index in [2.05, 4.69) is 15.0 Å². The highest BCUT2D eigenvalue weighted by molar-refractivity contribution is 7.89. The summed E-state index contributed by atoms with van der Waals surface area (Å²) in [4.78, 5) is 10.9. The summed E-state index contributed by atoms with van der Waals surface area (Å²) in [6.07, 6.45) is 4.77. The summed E-state index contributed by atoms with van der Waals surface area (Å²) < 4.78 is 22.0. The molecule has 0 radical (unpaired) electrons. The van der Waals surface area contributed by atoms with Crippen LogP contribution in [0.15, 0.2) is 46.7 Å². The van der Waals surface area contributed by atoms with Gasteiger partial charge in [0.1, 0.15) is 0 Å². The highest BCUT2D eigenvalue weighted by Gasteiger charge is 2.05. The number of hydrogen-bond donors (Lipinski definition) is 2. The lowest BCUT2D eigenvalue weighted by Crippen LogP contribution is -2.11. The van der Waals surface area contributed by atoms with Gasteiger partial charge in [0.2, 0.25) is 10.0 Å². The van der Waals surface area contributed by atoms with Crippen LogP contribution in [0.1, 0.15) is 5.69 Å². The van der Waals surface area contributed by atoms with Crippen molar-refractivity contribution < 1.29 is 8.42 Å². The van der Waals surface area contributed by atoms with E-state index < -0.39 is 10.0 Å². The molecule has 0 aliphatic rings. The molecular weight excluding hydrogens is 240 g/mol. The molecule has 0 amide bonds. The summed E-state index contributed by atoms with van der Waals surface area (Å²) in [5.41, 5.74) is 1.40. The van der Waals surface area contributed by atoms with Crippen LogP contribution in [-0.2, 0) is 10.0 Å². The number of rotatable bonds is 3. The molecule has 0 aliphatic heterocycles. The van der Waals surface area contributed by atoms with Crippen LogP contribution in [0.2, 0.25) is 0 Å². The van der Waals surface area contributed by atoms with Crippen molar-refractivity contribution >= 4 is 21.9 Å². The molecule has 1 aromatic carbocycles. The molecule has 0 unspecified atom stereocenters. The monoisotopic (exact) mass is 250 g/mol. The van der Waals surface area contributed by atoms with Crippen LogP contribution >= 0.6 is 0 Å². The number of nitrogens with zero attached hydrogens (tertiary/aromatic N) is 2. The van der Waals surface area contributed by atoms with Gasteiger partial charge in [0.15, 0.2) is 0 Å². The number of nitrogens with one attached hydrogen (secondary N) is 1. The first-order valence-electron chi connectivity index (χ1n) is 4.71. The smallest absolute Gasteiger partial charge is 0.238 e. The fourth-order valence-electron chi connectivity index (χ4n) is 1.20. The van der Waals surface area contributed by atoms with Crippen LogP contribution in [0.3, 0.4) is 0 Å². The Bertz CT molecular complexity index is 615. The molecule has 3 N–H and O–H groups in total. The molecule has 1 heterocycles. The zero-order valence-electron chi connectivity index (χ0n) is 8.74. The van der Waals surface area contributed by atoms with Crippen molar-refractivity contribution in [2.75, 3.05) is 0 Å². The first-order chi connectivity index (χ1) is 8.05. The van der Waals surface area contributed by atoms with E-state index in [-0.39, 0.29) is 4.90 Å². The summed E-state index contributed by atoms with van der Waals surface area (Å²) in [6, 6.07) is 5.98. The third-order valence-electron chi connectivity index (χ3n) is 2.04. The second-order valence-corrected chi connectivity index (χ2v) is 4.87. The van der Waals surface area contributed by atoms with E-state index in [0.717, 1.165) is 5.69 Å². The van der Waals surface area contributed by atoms with Gasteiger partial charge in [-0.1, -0.05) is 0 Å². The van der Waals surface area contributed by atoms with Gasteiger partial charge in [0.25, 0.3) is 0 Å². The molecule has 0 saturated heterocycles. The van der Waals surface area contributed by atoms with Crippen LogP contribution in [-0.4, -0.2) is 24.6 Å². The average Bonchev–Trinajstić information content (AvgIpc) is 2.78. The minimum Gasteiger partial charge on any atom is -0.344 e. The summed E-state index contributed by atoms with van der Waals surface area (Å²) in [6.45, 7) is 0. The number of aromatic amines is 1. The van der Waals surface area contributed by atoms with Gasteiger partial charge < -0.3 is 4.98 Å². The maximum atomic E-state index is 11.0. The van der Waals surface area contributed by atoms with Gasteiger partial charge >= 0.3 is 0 Å². The summed E-state index contributed by atoms with van der Waals surface area (Å²) in [5.74, 6) is 0. The fourth-order valence-corrected chi connectivity index (χ4v) is 1.72. The predicted octanol–water partition coefficient (Wildman–Crippen LogP) is 0.808. The Balaban J connectivity index is 2.19. The van der Waals surface area contributed by atoms with Crippen molar-refractivity contribution in [2.45, 2.75) is 4.90 Å². The molecule has 0 atom stereocenters. The second kappa shape index (κ2) is 4.48. The number of sulfonamides is 1. The predicted molar refractivity (Wildman–Crippen MR) is 63.7 cm³/mol. The van der Waals surface area contributed by atoms with Crippen LogP contribution in [0, 0.1) is 0 Å². The molecule has 1 aromatic heterocycles. The molecule has 6 nitrogen and oxygen atoms in total. The lowest BCUT2D eigenvalue weighted by Gasteiger charge is -1.97. The van der Waals surface area contributed by atoms with Gasteiger partial charge in [-0.15, -0.1) is 0 Å². The van der Waals surface area contributed by atoms with E-state index >= 15 is 0 Å². The lowest BCUT2D eigenvalue weighted by atomic mass is 10.3. The molecule has 0 spiro atoms. The molecule has 88 valence electrons. The average molecular weight is 250 g/mol. The molecular formula is C10H10N4O2S. The number of benzene rings is 1. The van der Waals surface area contributed by atoms with Crippen molar-refractivity contribution in [3.05, 3.63) is 42.5 Å². The molecule has 0 saturated carbocycles. The van der Waals surface area contributed by atoms with Crippen molar-refractivity contribution in [3.8, 4) is 0 Å². The van der Waals surface area contributed by atoms with Crippen LogP contribution in [0.25, 0.3) is 0 Å². The maximum absolute atomic E-state index is 11.0. The quantitative estimate of drug-likeness (QED) is 0.788. The van der Waals surface area contributed by atoms with Gasteiger partial charge in [-0.3, -0.25) is 4.99 Å². The van der Waals surface area contributed by atoms with E-state index in [1.54, 1.807) is 30.9 Å². The third kappa shape index (κ3) is 2.99.